The summed E-state index contributed by atoms with van der Waals surface area (Å²) in [4.78, 5) is 14.7. The van der Waals surface area contributed by atoms with Crippen LogP contribution in [0.3, 0.4) is 0 Å². The summed E-state index contributed by atoms with van der Waals surface area (Å²) in [5.41, 5.74) is 0. The lowest BCUT2D eigenvalue weighted by Gasteiger charge is -2.21. The fourth-order valence-electron chi connectivity index (χ4n) is 1.77. The van der Waals surface area contributed by atoms with Crippen LogP contribution in [0.15, 0.2) is 12.1 Å². The predicted molar refractivity (Wildman–Crippen MR) is 65.5 cm³/mol. The van der Waals surface area contributed by atoms with Crippen LogP contribution < -0.4 is 0 Å². The highest BCUT2D eigenvalue weighted by atomic mass is 35.5. The second-order valence-corrected chi connectivity index (χ2v) is 5.67. The summed E-state index contributed by atoms with van der Waals surface area (Å²) in [5.74, 6) is 0.131. The lowest BCUT2D eigenvalue weighted by Crippen LogP contribution is -2.36. The van der Waals surface area contributed by atoms with Gasteiger partial charge < -0.3 is 4.74 Å². The number of nitrogens with zero attached hydrogens (tertiary/aromatic N) is 1. The highest BCUT2D eigenvalue weighted by Gasteiger charge is 2.22. The minimum atomic E-state index is 0.131. The molecule has 1 fully saturated rings. The van der Waals surface area contributed by atoms with Gasteiger partial charge in [0.25, 0.3) is 0 Å². The van der Waals surface area contributed by atoms with Crippen LogP contribution in [0.2, 0.25) is 4.34 Å². The monoisotopic (exact) mass is 259 g/mol. The number of thiophene rings is 1. The molecule has 1 saturated heterocycles. The number of Topliss-reactive ketones (excluding diaryl/α,β-unsaturated/α-hetero) is 1. The molecule has 1 aromatic rings. The Bertz CT molecular complexity index is 374. The molecule has 1 aliphatic heterocycles. The zero-order valence-electron chi connectivity index (χ0n) is 9.11. The van der Waals surface area contributed by atoms with Crippen molar-refractivity contribution in [3.63, 3.8) is 0 Å². The van der Waals surface area contributed by atoms with E-state index < -0.39 is 0 Å². The van der Waals surface area contributed by atoms with Crippen molar-refractivity contribution in [2.75, 3.05) is 26.8 Å². The SMILES string of the molecule is CN(CC(=O)c1ccc(Cl)s1)C1CCOC1. The molecule has 0 N–H and O–H groups in total. The standard InChI is InChI=1S/C11H14ClNO2S/c1-13(8-4-5-15-7-8)6-9(14)10-2-3-11(12)16-10/h2-3,8H,4-7H2,1H3. The largest absolute Gasteiger partial charge is 0.380 e. The first-order chi connectivity index (χ1) is 7.66. The van der Waals surface area contributed by atoms with Crippen molar-refractivity contribution in [2.45, 2.75) is 12.5 Å². The third-order valence-corrected chi connectivity index (χ3v) is 4.04. The third kappa shape index (κ3) is 2.83. The van der Waals surface area contributed by atoms with Gasteiger partial charge in [-0.15, -0.1) is 11.3 Å². The highest BCUT2D eigenvalue weighted by molar-refractivity contribution is 7.18. The maximum absolute atomic E-state index is 11.9. The minimum Gasteiger partial charge on any atom is -0.380 e. The Hall–Kier alpha value is -0.420. The molecule has 0 saturated carbocycles. The summed E-state index contributed by atoms with van der Waals surface area (Å²) in [6.07, 6.45) is 1.01. The van der Waals surface area contributed by atoms with Gasteiger partial charge >= 0.3 is 0 Å². The molecule has 5 heteroatoms. The summed E-state index contributed by atoms with van der Waals surface area (Å²) < 4.78 is 5.96. The summed E-state index contributed by atoms with van der Waals surface area (Å²) in [5, 5.41) is 0. The summed E-state index contributed by atoms with van der Waals surface area (Å²) in [6, 6.07) is 3.92. The molecule has 0 radical (unpaired) electrons. The fraction of sp³-hybridized carbons (Fsp3) is 0.545. The van der Waals surface area contributed by atoms with Crippen LogP contribution in [0.1, 0.15) is 16.1 Å². The Kier molecular flexibility index (Phi) is 3.97. The molecule has 0 aromatic carbocycles. The van der Waals surface area contributed by atoms with E-state index in [1.807, 2.05) is 7.05 Å². The van der Waals surface area contributed by atoms with Gasteiger partial charge in [-0.2, -0.15) is 0 Å². The average molecular weight is 260 g/mol. The van der Waals surface area contributed by atoms with Crippen molar-refractivity contribution in [2.24, 2.45) is 0 Å². The molecule has 1 unspecified atom stereocenters. The number of ketones is 1. The maximum atomic E-state index is 11.9. The molecule has 1 aromatic heterocycles. The maximum Gasteiger partial charge on any atom is 0.186 e. The molecule has 2 rings (SSSR count). The van der Waals surface area contributed by atoms with Gasteiger partial charge in [0.2, 0.25) is 0 Å². The smallest absolute Gasteiger partial charge is 0.186 e. The van der Waals surface area contributed by atoms with Gasteiger partial charge in [-0.3, -0.25) is 9.69 Å². The van der Waals surface area contributed by atoms with E-state index in [9.17, 15) is 4.79 Å². The second kappa shape index (κ2) is 5.27. The van der Waals surface area contributed by atoms with Crippen molar-refractivity contribution >= 4 is 28.7 Å². The van der Waals surface area contributed by atoms with E-state index in [-0.39, 0.29) is 5.78 Å². The van der Waals surface area contributed by atoms with Crippen molar-refractivity contribution in [1.29, 1.82) is 0 Å². The lowest BCUT2D eigenvalue weighted by atomic mass is 10.2. The Balaban J connectivity index is 1.91. The van der Waals surface area contributed by atoms with Crippen molar-refractivity contribution in [3.8, 4) is 0 Å². The van der Waals surface area contributed by atoms with Gasteiger partial charge in [-0.1, -0.05) is 11.6 Å². The van der Waals surface area contributed by atoms with Gasteiger partial charge in [-0.25, -0.2) is 0 Å². The van der Waals surface area contributed by atoms with Gasteiger partial charge in [-0.05, 0) is 25.6 Å². The molecular weight excluding hydrogens is 246 g/mol. The molecule has 3 nitrogen and oxygen atoms in total. The number of rotatable bonds is 4. The predicted octanol–water partition coefficient (Wildman–Crippen LogP) is 2.30. The second-order valence-electron chi connectivity index (χ2n) is 3.96. The first-order valence-corrected chi connectivity index (χ1v) is 6.43. The molecule has 16 heavy (non-hydrogen) atoms. The van der Waals surface area contributed by atoms with Crippen LogP contribution in [0.4, 0.5) is 0 Å². The van der Waals surface area contributed by atoms with E-state index in [4.69, 9.17) is 16.3 Å². The van der Waals surface area contributed by atoms with Crippen molar-refractivity contribution in [3.05, 3.63) is 21.3 Å². The Morgan fingerprint density at radius 2 is 2.50 bits per heavy atom. The number of halogens is 1. The third-order valence-electron chi connectivity index (χ3n) is 2.77. The van der Waals surface area contributed by atoms with Crippen LogP contribution in [0.5, 0.6) is 0 Å². The fourth-order valence-corrected chi connectivity index (χ4v) is 2.74. The molecule has 88 valence electrons. The van der Waals surface area contributed by atoms with E-state index in [1.54, 1.807) is 12.1 Å². The number of hydrogen-bond donors (Lipinski definition) is 0. The lowest BCUT2D eigenvalue weighted by molar-refractivity contribution is 0.0911. The molecule has 0 amide bonds. The van der Waals surface area contributed by atoms with Crippen LogP contribution in [-0.4, -0.2) is 43.5 Å². The molecule has 1 aliphatic rings. The zero-order valence-corrected chi connectivity index (χ0v) is 10.7. The summed E-state index contributed by atoms with van der Waals surface area (Å²) >= 11 is 7.14. The van der Waals surface area contributed by atoms with E-state index >= 15 is 0 Å². The normalized spacial score (nSPS) is 20.6. The van der Waals surface area contributed by atoms with Gasteiger partial charge in [0.05, 0.1) is 22.4 Å². The number of carbonyl (C=O) groups excluding carboxylic acids is 1. The Morgan fingerprint density at radius 3 is 3.06 bits per heavy atom. The number of hydrogen-bond acceptors (Lipinski definition) is 4. The molecule has 0 bridgehead atoms. The first kappa shape index (κ1) is 12.0. The average Bonchev–Trinajstić information content (AvgIpc) is 2.87. The van der Waals surface area contributed by atoms with Gasteiger partial charge in [0.1, 0.15) is 0 Å². The van der Waals surface area contributed by atoms with Crippen LogP contribution in [0.25, 0.3) is 0 Å². The summed E-state index contributed by atoms with van der Waals surface area (Å²) in [6.45, 7) is 1.97. The van der Waals surface area contributed by atoms with Gasteiger partial charge in [0.15, 0.2) is 5.78 Å². The van der Waals surface area contributed by atoms with E-state index in [1.165, 1.54) is 11.3 Å². The number of ether oxygens (including phenoxy) is 1. The first-order valence-electron chi connectivity index (χ1n) is 5.23. The number of carbonyl (C=O) groups is 1. The molecule has 0 spiro atoms. The van der Waals surface area contributed by atoms with E-state index in [2.05, 4.69) is 4.90 Å². The molecule has 2 heterocycles. The van der Waals surface area contributed by atoms with E-state index in [0.717, 1.165) is 24.5 Å². The Morgan fingerprint density at radius 1 is 1.69 bits per heavy atom. The van der Waals surface area contributed by atoms with Crippen LogP contribution in [-0.2, 0) is 4.74 Å². The van der Waals surface area contributed by atoms with E-state index in [0.29, 0.717) is 16.9 Å². The van der Waals surface area contributed by atoms with Crippen molar-refractivity contribution in [1.82, 2.24) is 4.90 Å². The topological polar surface area (TPSA) is 29.5 Å². The van der Waals surface area contributed by atoms with Crippen LogP contribution in [0, 0.1) is 0 Å². The Labute approximate surface area is 104 Å². The molecule has 0 aliphatic carbocycles. The zero-order chi connectivity index (χ0) is 11.5. The van der Waals surface area contributed by atoms with Gasteiger partial charge in [0, 0.05) is 12.6 Å². The molecule has 1 atom stereocenters. The minimum absolute atomic E-state index is 0.131. The quantitative estimate of drug-likeness (QED) is 0.777. The molecular formula is C11H14ClNO2S. The van der Waals surface area contributed by atoms with Crippen molar-refractivity contribution < 1.29 is 9.53 Å². The number of likely N-dealkylation sites (N-methyl/N-ethyl adjacent to an activating group) is 1. The highest BCUT2D eigenvalue weighted by Crippen LogP contribution is 2.22. The summed E-state index contributed by atoms with van der Waals surface area (Å²) in [7, 11) is 1.96. The van der Waals surface area contributed by atoms with Crippen LogP contribution >= 0.6 is 22.9 Å².